The minimum Gasteiger partial charge on any atom is -0.351 e. The number of thiazole rings is 1. The summed E-state index contributed by atoms with van der Waals surface area (Å²) in [6, 6.07) is 18.3. The number of nitrogens with zero attached hydrogens (tertiary/aromatic N) is 1. The molecular formula is C19H22N3OS+. The van der Waals surface area contributed by atoms with Crippen LogP contribution in [0.2, 0.25) is 0 Å². The van der Waals surface area contributed by atoms with Crippen molar-refractivity contribution in [1.82, 2.24) is 10.3 Å². The Labute approximate surface area is 146 Å². The monoisotopic (exact) mass is 340 g/mol. The van der Waals surface area contributed by atoms with Crippen LogP contribution in [0.15, 0.2) is 54.6 Å². The minimum atomic E-state index is 0.0875. The summed E-state index contributed by atoms with van der Waals surface area (Å²) >= 11 is 1.70. The number of rotatable bonds is 7. The zero-order chi connectivity index (χ0) is 16.8. The molecule has 3 aromatic rings. The quantitative estimate of drug-likeness (QED) is 0.687. The molecule has 0 spiro atoms. The summed E-state index contributed by atoms with van der Waals surface area (Å²) in [4.78, 5) is 17.8. The van der Waals surface area contributed by atoms with Gasteiger partial charge in [-0.3, -0.25) is 4.79 Å². The van der Waals surface area contributed by atoms with Crippen LogP contribution in [0.1, 0.15) is 10.6 Å². The fourth-order valence-electron chi connectivity index (χ4n) is 2.64. The van der Waals surface area contributed by atoms with E-state index >= 15 is 0 Å². The van der Waals surface area contributed by atoms with E-state index in [4.69, 9.17) is 0 Å². The molecule has 4 nitrogen and oxygen atoms in total. The maximum absolute atomic E-state index is 12.1. The Balaban J connectivity index is 1.44. The first kappa shape index (κ1) is 16.6. The lowest BCUT2D eigenvalue weighted by molar-refractivity contribution is -0.885. The van der Waals surface area contributed by atoms with Crippen LogP contribution in [0.5, 0.6) is 0 Å². The molecule has 0 aliphatic heterocycles. The van der Waals surface area contributed by atoms with Gasteiger partial charge in [0.2, 0.25) is 0 Å². The maximum atomic E-state index is 12.1. The highest BCUT2D eigenvalue weighted by molar-refractivity contribution is 7.18. The van der Waals surface area contributed by atoms with Gasteiger partial charge < -0.3 is 10.2 Å². The molecule has 2 aromatic carbocycles. The van der Waals surface area contributed by atoms with Gasteiger partial charge in [0.15, 0.2) is 6.54 Å². The number of nitrogens with one attached hydrogen (secondary N) is 2. The van der Waals surface area contributed by atoms with Crippen LogP contribution in [-0.4, -0.2) is 31.0 Å². The van der Waals surface area contributed by atoms with Gasteiger partial charge in [0, 0.05) is 6.54 Å². The van der Waals surface area contributed by atoms with Crippen LogP contribution >= 0.6 is 11.3 Å². The lowest BCUT2D eigenvalue weighted by Crippen LogP contribution is -3.08. The van der Waals surface area contributed by atoms with Crippen LogP contribution in [-0.2, 0) is 17.8 Å². The van der Waals surface area contributed by atoms with Crippen LogP contribution in [0.3, 0.4) is 0 Å². The highest BCUT2D eigenvalue weighted by atomic mass is 32.1. The van der Waals surface area contributed by atoms with Crippen molar-refractivity contribution in [2.75, 3.05) is 20.1 Å². The summed E-state index contributed by atoms with van der Waals surface area (Å²) in [5.41, 5.74) is 2.28. The van der Waals surface area contributed by atoms with E-state index < -0.39 is 0 Å². The summed E-state index contributed by atoms with van der Waals surface area (Å²) in [6.45, 7) is 1.91. The molecular weight excluding hydrogens is 318 g/mol. The molecule has 5 heteroatoms. The Morgan fingerprint density at radius 3 is 2.67 bits per heavy atom. The molecule has 0 bridgehead atoms. The van der Waals surface area contributed by atoms with Gasteiger partial charge in [0.05, 0.1) is 17.3 Å². The Kier molecular flexibility index (Phi) is 5.56. The van der Waals surface area contributed by atoms with E-state index in [1.807, 2.05) is 43.4 Å². The average Bonchev–Trinajstić information content (AvgIpc) is 2.97. The normalized spacial score (nSPS) is 12.2. The first-order chi connectivity index (χ1) is 11.7. The van der Waals surface area contributed by atoms with Crippen molar-refractivity contribution in [3.63, 3.8) is 0 Å². The molecule has 1 atom stereocenters. The van der Waals surface area contributed by atoms with Crippen molar-refractivity contribution in [1.29, 1.82) is 0 Å². The van der Waals surface area contributed by atoms with Gasteiger partial charge in [-0.05, 0) is 24.1 Å². The number of quaternary nitrogens is 1. The van der Waals surface area contributed by atoms with Gasteiger partial charge in [-0.2, -0.15) is 0 Å². The Hall–Kier alpha value is -2.24. The molecule has 0 saturated heterocycles. The summed E-state index contributed by atoms with van der Waals surface area (Å²) in [7, 11) is 2.03. The number of para-hydroxylation sites is 1. The van der Waals surface area contributed by atoms with Gasteiger partial charge in [-0.15, -0.1) is 11.3 Å². The van der Waals surface area contributed by atoms with Crippen LogP contribution < -0.4 is 10.2 Å². The lowest BCUT2D eigenvalue weighted by Gasteiger charge is -2.12. The molecule has 2 N–H and O–H groups in total. The molecule has 24 heavy (non-hydrogen) atoms. The van der Waals surface area contributed by atoms with Crippen molar-refractivity contribution >= 4 is 27.5 Å². The Bertz CT molecular complexity index is 767. The number of aromatic nitrogens is 1. The zero-order valence-corrected chi connectivity index (χ0v) is 14.6. The fourth-order valence-corrected chi connectivity index (χ4v) is 3.72. The molecule has 0 aliphatic rings. The smallest absolute Gasteiger partial charge is 0.275 e. The van der Waals surface area contributed by atoms with Crippen molar-refractivity contribution < 1.29 is 9.69 Å². The maximum Gasteiger partial charge on any atom is 0.275 e. The van der Waals surface area contributed by atoms with Gasteiger partial charge in [-0.1, -0.05) is 42.5 Å². The largest absolute Gasteiger partial charge is 0.351 e. The van der Waals surface area contributed by atoms with E-state index in [0.29, 0.717) is 13.1 Å². The molecule has 0 saturated carbocycles. The topological polar surface area (TPSA) is 46.4 Å². The molecule has 1 amide bonds. The number of likely N-dealkylation sites (N-methyl/N-ethyl adjacent to an activating group) is 1. The molecule has 1 unspecified atom stereocenters. The van der Waals surface area contributed by atoms with Gasteiger partial charge in [-0.25, -0.2) is 4.98 Å². The van der Waals surface area contributed by atoms with E-state index in [2.05, 4.69) is 28.5 Å². The van der Waals surface area contributed by atoms with Crippen molar-refractivity contribution in [3.8, 4) is 0 Å². The SMILES string of the molecule is C[NH+](CC(=O)NCCc1ccccc1)Cc1nc2ccccc2s1. The van der Waals surface area contributed by atoms with Crippen LogP contribution in [0.4, 0.5) is 0 Å². The Morgan fingerprint density at radius 1 is 1.12 bits per heavy atom. The van der Waals surface area contributed by atoms with Crippen LogP contribution in [0.25, 0.3) is 10.2 Å². The van der Waals surface area contributed by atoms with Gasteiger partial charge >= 0.3 is 0 Å². The van der Waals surface area contributed by atoms with E-state index in [9.17, 15) is 4.79 Å². The number of hydrogen-bond acceptors (Lipinski definition) is 3. The third-order valence-corrected chi connectivity index (χ3v) is 4.87. The highest BCUT2D eigenvalue weighted by Crippen LogP contribution is 2.20. The standard InChI is InChI=1S/C19H21N3OS/c1-22(14-19-21-16-9-5-6-10-17(16)24-19)13-18(23)20-12-11-15-7-3-2-4-8-15/h2-10H,11-14H2,1H3,(H,20,23)/p+1. The predicted molar refractivity (Wildman–Crippen MR) is 98.2 cm³/mol. The summed E-state index contributed by atoms with van der Waals surface area (Å²) < 4.78 is 1.20. The molecule has 0 radical (unpaired) electrons. The second-order valence-electron chi connectivity index (χ2n) is 5.97. The van der Waals surface area contributed by atoms with E-state index in [1.165, 1.54) is 10.3 Å². The third-order valence-electron chi connectivity index (χ3n) is 3.83. The summed E-state index contributed by atoms with van der Waals surface area (Å²) in [5, 5.41) is 4.07. The third kappa shape index (κ3) is 4.63. The van der Waals surface area contributed by atoms with Crippen LogP contribution in [0, 0.1) is 0 Å². The number of fused-ring (bicyclic) bond motifs is 1. The fraction of sp³-hybridized carbons (Fsp3) is 0.263. The number of benzene rings is 2. The Morgan fingerprint density at radius 2 is 1.88 bits per heavy atom. The second-order valence-corrected chi connectivity index (χ2v) is 7.09. The number of hydrogen-bond donors (Lipinski definition) is 2. The minimum absolute atomic E-state index is 0.0875. The second kappa shape index (κ2) is 8.04. The molecule has 1 heterocycles. The van der Waals surface area contributed by atoms with Gasteiger partial charge in [0.25, 0.3) is 5.91 Å². The number of carbonyl (C=O) groups is 1. The van der Waals surface area contributed by atoms with Crippen molar-refractivity contribution in [2.24, 2.45) is 0 Å². The molecule has 3 rings (SSSR count). The molecule has 124 valence electrons. The molecule has 0 fully saturated rings. The highest BCUT2D eigenvalue weighted by Gasteiger charge is 2.13. The first-order valence-electron chi connectivity index (χ1n) is 8.17. The summed E-state index contributed by atoms with van der Waals surface area (Å²) in [5.74, 6) is 0.0875. The predicted octanol–water partition coefficient (Wildman–Crippen LogP) is 1.67. The van der Waals surface area contributed by atoms with E-state index in [-0.39, 0.29) is 5.91 Å². The lowest BCUT2D eigenvalue weighted by atomic mass is 10.1. The number of amides is 1. The first-order valence-corrected chi connectivity index (χ1v) is 8.99. The molecule has 0 aliphatic carbocycles. The average molecular weight is 340 g/mol. The van der Waals surface area contributed by atoms with E-state index in [1.54, 1.807) is 11.3 Å². The molecule has 1 aromatic heterocycles. The van der Waals surface area contributed by atoms with Gasteiger partial charge in [0.1, 0.15) is 11.6 Å². The van der Waals surface area contributed by atoms with Crippen molar-refractivity contribution in [2.45, 2.75) is 13.0 Å². The van der Waals surface area contributed by atoms with Crippen molar-refractivity contribution in [3.05, 3.63) is 65.2 Å². The summed E-state index contributed by atoms with van der Waals surface area (Å²) in [6.07, 6.45) is 0.865. The number of carbonyl (C=O) groups excluding carboxylic acids is 1. The van der Waals surface area contributed by atoms with E-state index in [0.717, 1.165) is 28.4 Å². The zero-order valence-electron chi connectivity index (χ0n) is 13.8.